The van der Waals surface area contributed by atoms with E-state index in [0.717, 1.165) is 30.3 Å². The molecule has 0 rings (SSSR count). The Morgan fingerprint density at radius 2 is 0.722 bits per heavy atom. The fraction of sp³-hybridized carbons (Fsp3) is 1.00. The molecular weight excluding hydrogens is 448 g/mol. The average Bonchev–Trinajstić information content (AvgIpc) is 2.70. The zero-order valence-electron chi connectivity index (χ0n) is 28.2. The second kappa shape index (κ2) is 27.9. The smallest absolute Gasteiger partial charge is 0.0704 e. The van der Waals surface area contributed by atoms with Crippen molar-refractivity contribution in [1.29, 1.82) is 0 Å². The average molecular weight is 521 g/mol. The number of ether oxygens (including phenoxy) is 4. The van der Waals surface area contributed by atoms with Crippen molar-refractivity contribution in [2.75, 3.05) is 19.8 Å². The first-order chi connectivity index (χ1) is 16.3. The van der Waals surface area contributed by atoms with Gasteiger partial charge in [0.05, 0.1) is 43.7 Å². The Kier molecular flexibility index (Phi) is 33.2. The zero-order chi connectivity index (χ0) is 29.4. The van der Waals surface area contributed by atoms with E-state index >= 15 is 0 Å². The molecular formula is C32H72O4. The summed E-state index contributed by atoms with van der Waals surface area (Å²) in [5.41, 5.74) is 0. The van der Waals surface area contributed by atoms with Crippen molar-refractivity contribution in [2.45, 2.75) is 162 Å². The standard InChI is InChI=1S/C8H18O2.2C8H18O.C8H18/c1-7(2)9-5-6-10-8(3)4;1-7(2)5-6-9-8(3)4;1-6(2)8(5)9-7(3)4;1-6(2)8(5)7(3)4/h7-8H,5-6H2,1-4H3;7-8H,5-6H2,1-4H3;6-8H,1-5H3;6-8H,1-5H3. The van der Waals surface area contributed by atoms with Crippen LogP contribution in [0.25, 0.3) is 0 Å². The third-order valence-corrected chi connectivity index (χ3v) is 5.66. The van der Waals surface area contributed by atoms with E-state index in [1.165, 1.54) is 6.42 Å². The SMILES string of the molecule is CC(C)C(C)C(C)C.CC(C)CCOC(C)C.CC(C)OC(C)C(C)C.CC(C)OCCOC(C)C. The van der Waals surface area contributed by atoms with Gasteiger partial charge >= 0.3 is 0 Å². The van der Waals surface area contributed by atoms with E-state index in [2.05, 4.69) is 96.9 Å². The van der Waals surface area contributed by atoms with E-state index < -0.39 is 0 Å². The third kappa shape index (κ3) is 43.9. The summed E-state index contributed by atoms with van der Waals surface area (Å²) < 4.78 is 21.4. The number of rotatable bonds is 14. The van der Waals surface area contributed by atoms with Crippen molar-refractivity contribution in [3.63, 3.8) is 0 Å². The van der Waals surface area contributed by atoms with Crippen molar-refractivity contribution in [1.82, 2.24) is 0 Å². The van der Waals surface area contributed by atoms with Crippen molar-refractivity contribution in [3.8, 4) is 0 Å². The van der Waals surface area contributed by atoms with Crippen molar-refractivity contribution < 1.29 is 18.9 Å². The normalized spacial score (nSPS) is 12.4. The largest absolute Gasteiger partial charge is 0.379 e. The van der Waals surface area contributed by atoms with Crippen LogP contribution in [0.15, 0.2) is 0 Å². The lowest BCUT2D eigenvalue weighted by Crippen LogP contribution is -2.19. The van der Waals surface area contributed by atoms with E-state index in [-0.39, 0.29) is 0 Å². The van der Waals surface area contributed by atoms with E-state index in [1.54, 1.807) is 0 Å². The van der Waals surface area contributed by atoms with E-state index in [1.807, 2.05) is 27.7 Å². The lowest BCUT2D eigenvalue weighted by molar-refractivity contribution is -0.00641. The van der Waals surface area contributed by atoms with Gasteiger partial charge in [0, 0.05) is 6.61 Å². The highest BCUT2D eigenvalue weighted by atomic mass is 16.5. The molecule has 1 atom stereocenters. The maximum absolute atomic E-state index is 5.51. The van der Waals surface area contributed by atoms with E-state index in [0.29, 0.717) is 49.7 Å². The minimum absolute atomic E-state index is 0.316. The van der Waals surface area contributed by atoms with Gasteiger partial charge in [0.15, 0.2) is 0 Å². The molecule has 0 aromatic heterocycles. The molecule has 224 valence electrons. The first-order valence-corrected chi connectivity index (χ1v) is 14.8. The summed E-state index contributed by atoms with van der Waals surface area (Å²) in [6.45, 7) is 41.0. The van der Waals surface area contributed by atoms with Gasteiger partial charge in [-0.3, -0.25) is 0 Å². The summed E-state index contributed by atoms with van der Waals surface area (Å²) in [5.74, 6) is 3.95. The van der Waals surface area contributed by atoms with Crippen LogP contribution in [0.5, 0.6) is 0 Å². The van der Waals surface area contributed by atoms with Gasteiger partial charge in [-0.1, -0.05) is 62.3 Å². The topological polar surface area (TPSA) is 36.9 Å². The van der Waals surface area contributed by atoms with Crippen molar-refractivity contribution >= 4 is 0 Å². The van der Waals surface area contributed by atoms with Gasteiger partial charge in [-0.25, -0.2) is 0 Å². The highest BCUT2D eigenvalue weighted by Crippen LogP contribution is 2.18. The first kappa shape index (κ1) is 42.9. The Labute approximate surface area is 230 Å². The van der Waals surface area contributed by atoms with Crippen LogP contribution in [0.2, 0.25) is 0 Å². The van der Waals surface area contributed by atoms with Gasteiger partial charge in [-0.15, -0.1) is 0 Å². The van der Waals surface area contributed by atoms with Crippen LogP contribution < -0.4 is 0 Å². The Hall–Kier alpha value is -0.160. The summed E-state index contributed by atoms with van der Waals surface area (Å²) in [6, 6.07) is 0. The minimum Gasteiger partial charge on any atom is -0.379 e. The fourth-order valence-corrected chi connectivity index (χ4v) is 2.46. The fourth-order valence-electron chi connectivity index (χ4n) is 2.46. The van der Waals surface area contributed by atoms with Crippen molar-refractivity contribution in [3.05, 3.63) is 0 Å². The molecule has 0 saturated heterocycles. The summed E-state index contributed by atoms with van der Waals surface area (Å²) in [5, 5.41) is 0. The Bertz CT molecular complexity index is 375. The van der Waals surface area contributed by atoms with Crippen LogP contribution in [-0.2, 0) is 18.9 Å². The molecule has 0 heterocycles. The van der Waals surface area contributed by atoms with Gasteiger partial charge < -0.3 is 18.9 Å². The molecule has 1 unspecified atom stereocenters. The van der Waals surface area contributed by atoms with Crippen LogP contribution in [0.3, 0.4) is 0 Å². The van der Waals surface area contributed by atoms with Crippen LogP contribution >= 0.6 is 0 Å². The molecule has 0 bridgehead atoms. The molecule has 0 aromatic carbocycles. The summed E-state index contributed by atoms with van der Waals surface area (Å²) in [6.07, 6.45) is 2.96. The number of hydrogen-bond donors (Lipinski definition) is 0. The molecule has 0 aliphatic rings. The quantitative estimate of drug-likeness (QED) is 0.214. The van der Waals surface area contributed by atoms with Crippen LogP contribution in [0.1, 0.15) is 131 Å². The lowest BCUT2D eigenvalue weighted by atomic mass is 9.88. The second-order valence-electron chi connectivity index (χ2n) is 12.4. The molecule has 0 spiro atoms. The summed E-state index contributed by atoms with van der Waals surface area (Å²) >= 11 is 0. The molecule has 4 heteroatoms. The number of hydrogen-bond acceptors (Lipinski definition) is 4. The maximum Gasteiger partial charge on any atom is 0.0704 e. The molecule has 0 fully saturated rings. The zero-order valence-corrected chi connectivity index (χ0v) is 28.2. The van der Waals surface area contributed by atoms with Gasteiger partial charge in [0.1, 0.15) is 0 Å². The third-order valence-electron chi connectivity index (χ3n) is 5.66. The molecule has 0 saturated carbocycles. The van der Waals surface area contributed by atoms with Gasteiger partial charge in [-0.2, -0.15) is 0 Å². The Morgan fingerprint density at radius 3 is 0.889 bits per heavy atom. The van der Waals surface area contributed by atoms with Gasteiger partial charge in [-0.05, 0) is 98.3 Å². The summed E-state index contributed by atoms with van der Waals surface area (Å²) in [4.78, 5) is 0. The molecule has 0 aliphatic carbocycles. The second-order valence-corrected chi connectivity index (χ2v) is 12.4. The van der Waals surface area contributed by atoms with Crippen molar-refractivity contribution in [2.24, 2.45) is 29.6 Å². The first-order valence-electron chi connectivity index (χ1n) is 14.8. The molecule has 0 aliphatic heterocycles. The molecule has 0 N–H and O–H groups in total. The maximum atomic E-state index is 5.51. The molecule has 36 heavy (non-hydrogen) atoms. The predicted molar refractivity (Wildman–Crippen MR) is 162 cm³/mol. The summed E-state index contributed by atoms with van der Waals surface area (Å²) in [7, 11) is 0. The monoisotopic (exact) mass is 521 g/mol. The Balaban J connectivity index is -0.000000190. The minimum atomic E-state index is 0.316. The van der Waals surface area contributed by atoms with E-state index in [9.17, 15) is 0 Å². The van der Waals surface area contributed by atoms with Gasteiger partial charge in [0.2, 0.25) is 0 Å². The molecule has 0 amide bonds. The molecule has 4 nitrogen and oxygen atoms in total. The highest BCUT2D eigenvalue weighted by Gasteiger charge is 2.10. The van der Waals surface area contributed by atoms with Crippen LogP contribution in [0.4, 0.5) is 0 Å². The van der Waals surface area contributed by atoms with Crippen LogP contribution in [-0.4, -0.2) is 50.3 Å². The Morgan fingerprint density at radius 1 is 0.389 bits per heavy atom. The van der Waals surface area contributed by atoms with Crippen LogP contribution in [0, 0.1) is 29.6 Å². The predicted octanol–water partition coefficient (Wildman–Crippen LogP) is 9.68. The molecule has 0 aromatic rings. The highest BCUT2D eigenvalue weighted by molar-refractivity contribution is 4.59. The lowest BCUT2D eigenvalue weighted by Gasteiger charge is -2.18. The van der Waals surface area contributed by atoms with Gasteiger partial charge in [0.25, 0.3) is 0 Å². The van der Waals surface area contributed by atoms with E-state index in [4.69, 9.17) is 18.9 Å². The molecule has 0 radical (unpaired) electrons.